The molecule has 14 nitrogen and oxygen atoms in total. The van der Waals surface area contributed by atoms with Gasteiger partial charge in [-0.1, -0.05) is 11.6 Å². The second-order valence-electron chi connectivity index (χ2n) is 10.2. The quantitative estimate of drug-likeness (QED) is 0.253. The number of nitrogens with one attached hydrogen (secondary N) is 3. The molecule has 0 radical (unpaired) electrons. The zero-order chi connectivity index (χ0) is 27.3. The van der Waals surface area contributed by atoms with Crippen molar-refractivity contribution in [2.24, 2.45) is 0 Å². The van der Waals surface area contributed by atoms with Gasteiger partial charge in [0.2, 0.25) is 5.95 Å². The third-order valence-corrected chi connectivity index (χ3v) is 7.83. The topological polar surface area (TPSA) is 173 Å². The van der Waals surface area contributed by atoms with Gasteiger partial charge in [0, 0.05) is 51.1 Å². The van der Waals surface area contributed by atoms with Crippen molar-refractivity contribution in [1.29, 1.82) is 0 Å². The summed E-state index contributed by atoms with van der Waals surface area (Å²) in [6.07, 6.45) is 3.16. The minimum Gasteiger partial charge on any atom is -0.453 e. The number of halogens is 1. The predicted octanol–water partition coefficient (Wildman–Crippen LogP) is 1.50. The smallest absolute Gasteiger partial charge is 0.407 e. The van der Waals surface area contributed by atoms with E-state index in [1.54, 1.807) is 23.9 Å². The van der Waals surface area contributed by atoms with Crippen LogP contribution < -0.4 is 32.3 Å². The number of methoxy groups -OCH3 is 2. The van der Waals surface area contributed by atoms with Crippen LogP contribution in [0.4, 0.5) is 39.4 Å². The van der Waals surface area contributed by atoms with E-state index >= 15 is 0 Å². The number of nitrogens with zero attached hydrogens (tertiary/aromatic N) is 6. The van der Waals surface area contributed by atoms with Gasteiger partial charge in [0.05, 0.1) is 41.8 Å². The molecular weight excluding hydrogens is 526 g/mol. The molecule has 39 heavy (non-hydrogen) atoms. The molecule has 2 aromatic heterocycles. The lowest BCUT2D eigenvalue weighted by Crippen LogP contribution is -2.59. The number of benzene rings is 1. The monoisotopic (exact) mass is 557 g/mol. The molecule has 0 bridgehead atoms. The van der Waals surface area contributed by atoms with Crippen molar-refractivity contribution in [3.63, 3.8) is 0 Å². The fourth-order valence-corrected chi connectivity index (χ4v) is 5.39. The Morgan fingerprint density at radius 2 is 1.95 bits per heavy atom. The maximum atomic E-state index is 11.7. The number of imidazole rings is 1. The van der Waals surface area contributed by atoms with Crippen LogP contribution in [0.2, 0.25) is 5.02 Å². The Labute approximate surface area is 230 Å². The van der Waals surface area contributed by atoms with Gasteiger partial charge in [0.25, 0.3) is 0 Å². The SMILES string of the molecule is COC(=O)N[C@H]1CN(C2CN(c3cc(N)cc(Nc4nc(NC5CC5)c5ncc(N)n5n4)c3Cl)C2)C[C@H]1OC. The number of fused-ring (bicyclic) bond motifs is 1. The normalized spacial score (nSPS) is 21.7. The molecule has 3 aromatic rings. The third-order valence-electron chi connectivity index (χ3n) is 7.43. The molecule has 1 aromatic carbocycles. The van der Waals surface area contributed by atoms with Gasteiger partial charge in [0.1, 0.15) is 5.82 Å². The zero-order valence-electron chi connectivity index (χ0n) is 21.7. The van der Waals surface area contributed by atoms with Crippen molar-refractivity contribution in [2.75, 3.05) is 67.4 Å². The first-order valence-corrected chi connectivity index (χ1v) is 13.2. The number of aromatic nitrogens is 4. The van der Waals surface area contributed by atoms with Crippen LogP contribution in [0.25, 0.3) is 5.65 Å². The molecular formula is C24H32ClN11O3. The van der Waals surface area contributed by atoms with Crippen LogP contribution in [0.15, 0.2) is 18.3 Å². The molecule has 1 aliphatic carbocycles. The van der Waals surface area contributed by atoms with Gasteiger partial charge in [-0.05, 0) is 25.0 Å². The third kappa shape index (κ3) is 5.02. The summed E-state index contributed by atoms with van der Waals surface area (Å²) < 4.78 is 11.9. The van der Waals surface area contributed by atoms with Crippen LogP contribution in [0.1, 0.15) is 12.8 Å². The van der Waals surface area contributed by atoms with Crippen molar-refractivity contribution in [3.05, 3.63) is 23.4 Å². The Morgan fingerprint density at radius 3 is 2.67 bits per heavy atom. The summed E-state index contributed by atoms with van der Waals surface area (Å²) in [6.45, 7) is 2.91. The minimum absolute atomic E-state index is 0.105. The molecule has 15 heteroatoms. The molecule has 7 N–H and O–H groups in total. The molecule has 2 saturated heterocycles. The molecule has 208 valence electrons. The number of nitrogens with two attached hydrogens (primary N) is 2. The van der Waals surface area contributed by atoms with E-state index in [0.29, 0.717) is 52.2 Å². The molecule has 3 fully saturated rings. The highest BCUT2D eigenvalue weighted by molar-refractivity contribution is 6.36. The Bertz CT molecular complexity index is 1390. The van der Waals surface area contributed by atoms with Crippen molar-refractivity contribution in [3.8, 4) is 0 Å². The molecule has 1 saturated carbocycles. The van der Waals surface area contributed by atoms with Crippen LogP contribution in [0.3, 0.4) is 0 Å². The van der Waals surface area contributed by atoms with Gasteiger partial charge in [0.15, 0.2) is 11.5 Å². The second kappa shape index (κ2) is 10.1. The van der Waals surface area contributed by atoms with Gasteiger partial charge >= 0.3 is 6.09 Å². The molecule has 6 rings (SSSR count). The lowest BCUT2D eigenvalue weighted by molar-refractivity contribution is 0.0812. The zero-order valence-corrected chi connectivity index (χ0v) is 22.5. The summed E-state index contributed by atoms with van der Waals surface area (Å²) in [5, 5.41) is 14.5. The molecule has 3 aliphatic rings. The van der Waals surface area contributed by atoms with Crippen molar-refractivity contribution >= 4 is 58.0 Å². The summed E-state index contributed by atoms with van der Waals surface area (Å²) in [4.78, 5) is 25.2. The Hall–Kier alpha value is -3.75. The van der Waals surface area contributed by atoms with Crippen molar-refractivity contribution in [2.45, 2.75) is 37.1 Å². The van der Waals surface area contributed by atoms with Gasteiger partial charge < -0.3 is 41.8 Å². The number of alkyl carbamates (subject to hydrolysis) is 1. The van der Waals surface area contributed by atoms with Gasteiger partial charge in [-0.3, -0.25) is 4.90 Å². The lowest BCUT2D eigenvalue weighted by Gasteiger charge is -2.46. The highest BCUT2D eigenvalue weighted by atomic mass is 35.5. The van der Waals surface area contributed by atoms with E-state index in [1.165, 1.54) is 7.11 Å². The first-order chi connectivity index (χ1) is 18.8. The summed E-state index contributed by atoms with van der Waals surface area (Å²) in [7, 11) is 3.01. The van der Waals surface area contributed by atoms with Crippen LogP contribution >= 0.6 is 11.6 Å². The lowest BCUT2D eigenvalue weighted by atomic mass is 10.1. The number of likely N-dealkylation sites (tertiary alicyclic amines) is 1. The number of amides is 1. The Morgan fingerprint density at radius 1 is 1.15 bits per heavy atom. The fraction of sp³-hybridized carbons (Fsp3) is 0.500. The maximum Gasteiger partial charge on any atom is 0.407 e. The Balaban J connectivity index is 1.17. The molecule has 1 amide bonds. The maximum absolute atomic E-state index is 11.7. The van der Waals surface area contributed by atoms with Crippen LogP contribution in [-0.4, -0.2) is 95.2 Å². The van der Waals surface area contributed by atoms with E-state index in [0.717, 1.165) is 38.2 Å². The average Bonchev–Trinajstić information content (AvgIpc) is 3.50. The summed E-state index contributed by atoms with van der Waals surface area (Å²) in [5.41, 5.74) is 14.9. The first-order valence-electron chi connectivity index (χ1n) is 12.8. The molecule has 2 aliphatic heterocycles. The van der Waals surface area contributed by atoms with Gasteiger partial charge in [-0.25, -0.2) is 9.78 Å². The fourth-order valence-electron chi connectivity index (χ4n) is 5.11. The van der Waals surface area contributed by atoms with E-state index in [4.69, 9.17) is 32.5 Å². The van der Waals surface area contributed by atoms with E-state index in [1.807, 2.05) is 6.07 Å². The van der Waals surface area contributed by atoms with Crippen molar-refractivity contribution < 1.29 is 14.3 Å². The number of ether oxygens (including phenoxy) is 2. The van der Waals surface area contributed by atoms with Crippen LogP contribution in [0.5, 0.6) is 0 Å². The number of hydrogen-bond acceptors (Lipinski definition) is 12. The first kappa shape index (κ1) is 25.5. The number of anilines is 6. The van der Waals surface area contributed by atoms with Crippen LogP contribution in [0, 0.1) is 0 Å². The molecule has 4 heterocycles. The van der Waals surface area contributed by atoms with E-state index < -0.39 is 6.09 Å². The van der Waals surface area contributed by atoms with Gasteiger partial charge in [-0.2, -0.15) is 9.50 Å². The second-order valence-corrected chi connectivity index (χ2v) is 10.6. The number of carbonyl (C=O) groups excluding carboxylic acids is 1. The number of rotatable bonds is 8. The summed E-state index contributed by atoms with van der Waals surface area (Å²) in [5.74, 6) is 1.33. The van der Waals surface area contributed by atoms with Crippen LogP contribution in [-0.2, 0) is 9.47 Å². The number of nitrogen functional groups attached to an aromatic ring is 2. The average molecular weight is 558 g/mol. The Kier molecular flexibility index (Phi) is 6.61. The minimum atomic E-state index is -0.458. The number of carbonyl (C=O) groups is 1. The van der Waals surface area contributed by atoms with E-state index in [2.05, 4.69) is 40.8 Å². The van der Waals surface area contributed by atoms with Gasteiger partial charge in [-0.15, -0.1) is 5.10 Å². The predicted molar refractivity (Wildman–Crippen MR) is 149 cm³/mol. The highest BCUT2D eigenvalue weighted by Gasteiger charge is 2.42. The molecule has 0 unspecified atom stereocenters. The largest absolute Gasteiger partial charge is 0.453 e. The summed E-state index contributed by atoms with van der Waals surface area (Å²) >= 11 is 6.88. The summed E-state index contributed by atoms with van der Waals surface area (Å²) in [6, 6.07) is 4.15. The van der Waals surface area contributed by atoms with E-state index in [-0.39, 0.29) is 18.2 Å². The molecule has 0 spiro atoms. The highest BCUT2D eigenvalue weighted by Crippen LogP contribution is 2.39. The number of hydrogen-bond donors (Lipinski definition) is 5. The van der Waals surface area contributed by atoms with E-state index in [9.17, 15) is 4.79 Å². The van der Waals surface area contributed by atoms with Crippen molar-refractivity contribution in [1.82, 2.24) is 29.8 Å². The molecule has 2 atom stereocenters. The standard InChI is InChI=1S/C24H32ClN11O3/c1-38-18-11-34(10-16(18)31-24(37)39-2)14-8-35(9-14)17-6-12(26)5-15(20(17)25)30-23-32-21(29-13-3-4-13)22-28-7-19(27)36(22)33-23/h5-7,13-14,16,18H,3-4,8-11,26-27H2,1-2H3,(H,31,37)(H2,29,30,32,33)/t16-,18+/m0/s1.